The number of allylic oxidation sites excluding steroid dienone is 1. The van der Waals surface area contributed by atoms with Crippen LogP contribution in [0.25, 0.3) is 6.08 Å². The van der Waals surface area contributed by atoms with Gasteiger partial charge in [0.1, 0.15) is 0 Å². The van der Waals surface area contributed by atoms with Crippen LogP contribution in [0.3, 0.4) is 0 Å². The van der Waals surface area contributed by atoms with Crippen molar-refractivity contribution in [3.63, 3.8) is 0 Å². The van der Waals surface area contributed by atoms with E-state index in [0.717, 1.165) is 24.9 Å². The molecule has 4 heteroatoms. The van der Waals surface area contributed by atoms with Gasteiger partial charge in [0.05, 0.1) is 5.70 Å². The minimum atomic E-state index is -0.268. The summed E-state index contributed by atoms with van der Waals surface area (Å²) in [7, 11) is 0. The van der Waals surface area contributed by atoms with Gasteiger partial charge in [-0.2, -0.15) is 0 Å². The second-order valence-corrected chi connectivity index (χ2v) is 6.21. The van der Waals surface area contributed by atoms with E-state index in [0.29, 0.717) is 17.7 Å². The molecule has 4 nitrogen and oxygen atoms in total. The number of hydrogen-bond acceptors (Lipinski definition) is 3. The van der Waals surface area contributed by atoms with E-state index >= 15 is 0 Å². The van der Waals surface area contributed by atoms with Crippen LogP contribution in [0, 0.1) is 0 Å². The number of hydrogen-bond donors (Lipinski definition) is 2. The van der Waals surface area contributed by atoms with E-state index in [1.54, 1.807) is 30.3 Å². The lowest BCUT2D eigenvalue weighted by molar-refractivity contribution is -0.116. The Hall–Kier alpha value is -2.72. The van der Waals surface area contributed by atoms with Crippen molar-refractivity contribution in [3.05, 3.63) is 77.5 Å². The Morgan fingerprint density at radius 3 is 2.36 bits per heavy atom. The highest BCUT2D eigenvalue weighted by Crippen LogP contribution is 2.14. The summed E-state index contributed by atoms with van der Waals surface area (Å²) < 4.78 is 0. The smallest absolute Gasteiger partial charge is 0.255 e. The third kappa shape index (κ3) is 4.88. The SMILES string of the molecule is O=C(C[C@H]1CCCN1)/C(=C/c1ccccc1)NC(=O)c1ccccc1. The first-order valence-corrected chi connectivity index (χ1v) is 8.62. The zero-order valence-electron chi connectivity index (χ0n) is 14.1. The second-order valence-electron chi connectivity index (χ2n) is 6.21. The van der Waals surface area contributed by atoms with Crippen LogP contribution in [0.1, 0.15) is 35.2 Å². The van der Waals surface area contributed by atoms with Gasteiger partial charge in [0.15, 0.2) is 5.78 Å². The zero-order valence-corrected chi connectivity index (χ0v) is 14.1. The predicted molar refractivity (Wildman–Crippen MR) is 99.0 cm³/mol. The predicted octanol–water partition coefficient (Wildman–Crippen LogP) is 3.17. The first kappa shape index (κ1) is 17.1. The Morgan fingerprint density at radius 2 is 1.72 bits per heavy atom. The third-order valence-electron chi connectivity index (χ3n) is 4.29. The molecule has 0 bridgehead atoms. The molecule has 1 aliphatic heterocycles. The quantitative estimate of drug-likeness (QED) is 0.798. The molecule has 0 aromatic heterocycles. The molecule has 1 amide bonds. The summed E-state index contributed by atoms with van der Waals surface area (Å²) in [6.07, 6.45) is 4.23. The number of rotatable bonds is 6. The van der Waals surface area contributed by atoms with Gasteiger partial charge in [-0.25, -0.2) is 0 Å². The fourth-order valence-corrected chi connectivity index (χ4v) is 2.95. The summed E-state index contributed by atoms with van der Waals surface area (Å²) in [6, 6.07) is 18.7. The standard InChI is InChI=1S/C21H22N2O2/c24-20(15-18-12-7-13-22-18)19(14-16-8-3-1-4-9-16)23-21(25)17-10-5-2-6-11-17/h1-6,8-11,14,18,22H,7,12-13,15H2,(H,23,25)/b19-14-/t18-/m1/s1. The molecule has 0 spiro atoms. The molecule has 0 unspecified atom stereocenters. The van der Waals surface area contributed by atoms with E-state index in [1.807, 2.05) is 36.4 Å². The van der Waals surface area contributed by atoms with Gasteiger partial charge in [-0.3, -0.25) is 9.59 Å². The molecule has 1 fully saturated rings. The summed E-state index contributed by atoms with van der Waals surface area (Å²) in [5.41, 5.74) is 1.76. The molecule has 0 radical (unpaired) electrons. The first-order valence-electron chi connectivity index (χ1n) is 8.62. The molecule has 1 atom stereocenters. The lowest BCUT2D eigenvalue weighted by Gasteiger charge is -2.13. The van der Waals surface area contributed by atoms with Crippen molar-refractivity contribution in [2.24, 2.45) is 0 Å². The Kier molecular flexibility index (Phi) is 5.75. The maximum absolute atomic E-state index is 12.7. The fraction of sp³-hybridized carbons (Fsp3) is 0.238. The first-order chi connectivity index (χ1) is 12.2. The summed E-state index contributed by atoms with van der Waals surface area (Å²) in [5, 5.41) is 6.13. The normalized spacial score (nSPS) is 17.3. The van der Waals surface area contributed by atoms with Crippen LogP contribution in [0.15, 0.2) is 66.4 Å². The Labute approximate surface area is 148 Å². The van der Waals surface area contributed by atoms with Crippen molar-refractivity contribution >= 4 is 17.8 Å². The van der Waals surface area contributed by atoms with Crippen LogP contribution < -0.4 is 10.6 Å². The van der Waals surface area contributed by atoms with E-state index in [4.69, 9.17) is 0 Å². The summed E-state index contributed by atoms with van der Waals surface area (Å²) in [4.78, 5) is 25.2. The van der Waals surface area contributed by atoms with Crippen LogP contribution in [-0.2, 0) is 4.79 Å². The van der Waals surface area contributed by atoms with Crippen molar-refractivity contribution in [3.8, 4) is 0 Å². The fourth-order valence-electron chi connectivity index (χ4n) is 2.95. The molecule has 1 aliphatic rings. The van der Waals surface area contributed by atoms with Crippen LogP contribution in [0.5, 0.6) is 0 Å². The number of carbonyl (C=O) groups excluding carboxylic acids is 2. The maximum Gasteiger partial charge on any atom is 0.255 e. The minimum Gasteiger partial charge on any atom is -0.319 e. The zero-order chi connectivity index (χ0) is 17.5. The summed E-state index contributed by atoms with van der Waals surface area (Å²) in [5.74, 6) is -0.317. The van der Waals surface area contributed by atoms with Crippen molar-refractivity contribution in [2.45, 2.75) is 25.3 Å². The van der Waals surface area contributed by atoms with Crippen molar-refractivity contribution in [1.29, 1.82) is 0 Å². The molecule has 2 aromatic rings. The average Bonchev–Trinajstić information content (AvgIpc) is 3.15. The van der Waals surface area contributed by atoms with Gasteiger partial charge >= 0.3 is 0 Å². The van der Waals surface area contributed by atoms with Gasteiger partial charge < -0.3 is 10.6 Å². The van der Waals surface area contributed by atoms with Crippen LogP contribution >= 0.6 is 0 Å². The molecule has 1 heterocycles. The molecule has 1 saturated heterocycles. The highest BCUT2D eigenvalue weighted by Gasteiger charge is 2.21. The largest absolute Gasteiger partial charge is 0.319 e. The van der Waals surface area contributed by atoms with E-state index < -0.39 is 0 Å². The molecule has 3 rings (SSSR count). The van der Waals surface area contributed by atoms with Crippen molar-refractivity contribution in [2.75, 3.05) is 6.54 Å². The number of benzene rings is 2. The monoisotopic (exact) mass is 334 g/mol. The summed E-state index contributed by atoms with van der Waals surface area (Å²) >= 11 is 0. The van der Waals surface area contributed by atoms with Gasteiger partial charge in [-0.1, -0.05) is 48.5 Å². The molecule has 128 valence electrons. The van der Waals surface area contributed by atoms with E-state index in [-0.39, 0.29) is 17.7 Å². The maximum atomic E-state index is 12.7. The molecular formula is C21H22N2O2. The Bertz CT molecular complexity index is 748. The van der Waals surface area contributed by atoms with Crippen LogP contribution in [-0.4, -0.2) is 24.3 Å². The van der Waals surface area contributed by atoms with Gasteiger partial charge in [-0.05, 0) is 43.2 Å². The minimum absolute atomic E-state index is 0.0486. The van der Waals surface area contributed by atoms with Crippen LogP contribution in [0.4, 0.5) is 0 Å². The van der Waals surface area contributed by atoms with Gasteiger partial charge in [-0.15, -0.1) is 0 Å². The van der Waals surface area contributed by atoms with Gasteiger partial charge in [0.2, 0.25) is 0 Å². The topological polar surface area (TPSA) is 58.2 Å². The van der Waals surface area contributed by atoms with Crippen LogP contribution in [0.2, 0.25) is 0 Å². The number of nitrogens with one attached hydrogen (secondary N) is 2. The van der Waals surface area contributed by atoms with Crippen molar-refractivity contribution < 1.29 is 9.59 Å². The Balaban J connectivity index is 1.79. The molecule has 0 saturated carbocycles. The van der Waals surface area contributed by atoms with Gasteiger partial charge in [0.25, 0.3) is 5.91 Å². The van der Waals surface area contributed by atoms with Crippen molar-refractivity contribution in [1.82, 2.24) is 10.6 Å². The number of Topliss-reactive ketones (excluding diaryl/α,β-unsaturated/α-hetero) is 1. The second kappa shape index (κ2) is 8.40. The Morgan fingerprint density at radius 1 is 1.04 bits per heavy atom. The van der Waals surface area contributed by atoms with E-state index in [1.165, 1.54) is 0 Å². The molecule has 2 N–H and O–H groups in total. The molecule has 2 aromatic carbocycles. The highest BCUT2D eigenvalue weighted by molar-refractivity contribution is 6.06. The average molecular weight is 334 g/mol. The lowest BCUT2D eigenvalue weighted by atomic mass is 10.0. The van der Waals surface area contributed by atoms with Gasteiger partial charge in [0, 0.05) is 18.0 Å². The van der Waals surface area contributed by atoms with E-state index in [2.05, 4.69) is 10.6 Å². The lowest BCUT2D eigenvalue weighted by Crippen LogP contribution is -2.31. The molecular weight excluding hydrogens is 312 g/mol. The number of ketones is 1. The summed E-state index contributed by atoms with van der Waals surface area (Å²) in [6.45, 7) is 0.950. The van der Waals surface area contributed by atoms with E-state index in [9.17, 15) is 9.59 Å². The number of amides is 1. The number of carbonyl (C=O) groups is 2. The highest BCUT2D eigenvalue weighted by atomic mass is 16.2. The molecule has 25 heavy (non-hydrogen) atoms. The molecule has 0 aliphatic carbocycles. The third-order valence-corrected chi connectivity index (χ3v) is 4.29.